The van der Waals surface area contributed by atoms with Crippen molar-refractivity contribution in [3.63, 3.8) is 0 Å². The van der Waals surface area contributed by atoms with E-state index in [0.29, 0.717) is 25.2 Å². The lowest BCUT2D eigenvalue weighted by atomic mass is 9.80. The monoisotopic (exact) mass is 418 g/mol. The molecule has 0 bridgehead atoms. The molecule has 6 heteroatoms. The number of carbonyl (C=O) groups excluding carboxylic acids is 1. The van der Waals surface area contributed by atoms with Gasteiger partial charge in [0.1, 0.15) is 0 Å². The Morgan fingerprint density at radius 3 is 2.61 bits per heavy atom. The smallest absolute Gasteiger partial charge is 0.339 e. The van der Waals surface area contributed by atoms with Crippen LogP contribution < -0.4 is 0 Å². The number of fused-ring (bicyclic) bond motifs is 1. The van der Waals surface area contributed by atoms with Gasteiger partial charge in [0.2, 0.25) is 0 Å². The van der Waals surface area contributed by atoms with Crippen LogP contribution in [0.1, 0.15) is 41.8 Å². The van der Waals surface area contributed by atoms with Gasteiger partial charge in [-0.2, -0.15) is 0 Å². The Morgan fingerprint density at radius 1 is 1.25 bits per heavy atom. The summed E-state index contributed by atoms with van der Waals surface area (Å²) in [7, 11) is 1.45. The summed E-state index contributed by atoms with van der Waals surface area (Å²) < 4.78 is 17.7. The van der Waals surface area contributed by atoms with E-state index in [1.54, 1.807) is 23.1 Å². The van der Waals surface area contributed by atoms with Crippen LogP contribution in [0.25, 0.3) is 10.4 Å². The second-order valence-electron chi connectivity index (χ2n) is 8.26. The summed E-state index contributed by atoms with van der Waals surface area (Å²) in [6, 6.07) is 6.33. The maximum absolute atomic E-state index is 12.6. The van der Waals surface area contributed by atoms with Gasteiger partial charge in [0.25, 0.3) is 0 Å². The number of ether oxygens (including phenoxy) is 3. The van der Waals surface area contributed by atoms with Crippen LogP contribution in [0.4, 0.5) is 0 Å². The first-order chi connectivity index (χ1) is 13.4. The van der Waals surface area contributed by atoms with Crippen molar-refractivity contribution in [3.05, 3.63) is 40.3 Å². The number of carbonyl (C=O) groups is 1. The molecule has 1 saturated heterocycles. The van der Waals surface area contributed by atoms with Crippen molar-refractivity contribution < 1.29 is 19.0 Å². The number of esters is 1. The highest BCUT2D eigenvalue weighted by Gasteiger charge is 2.44. The van der Waals surface area contributed by atoms with Crippen LogP contribution in [0, 0.1) is 5.41 Å². The lowest BCUT2D eigenvalue weighted by molar-refractivity contribution is -0.302. The van der Waals surface area contributed by atoms with E-state index < -0.39 is 5.79 Å². The van der Waals surface area contributed by atoms with Crippen LogP contribution in [-0.4, -0.2) is 38.3 Å². The largest absolute Gasteiger partial charge is 0.465 e. The maximum atomic E-state index is 12.6. The molecule has 0 unspecified atom stereocenters. The Bertz CT molecular complexity index is 876. The van der Waals surface area contributed by atoms with E-state index in [0.717, 1.165) is 28.9 Å². The third-order valence-corrected chi connectivity index (χ3v) is 7.23. The third-order valence-electron chi connectivity index (χ3n) is 5.56. The molecule has 0 amide bonds. The number of benzene rings is 1. The molecule has 4 nitrogen and oxygen atoms in total. The zero-order valence-electron chi connectivity index (χ0n) is 16.8. The molecule has 1 fully saturated rings. The summed E-state index contributed by atoms with van der Waals surface area (Å²) in [5.74, 6) is -0.858. The number of thioether (sulfide) groups is 1. The minimum Gasteiger partial charge on any atom is -0.465 e. The van der Waals surface area contributed by atoms with Crippen molar-refractivity contribution in [1.82, 2.24) is 0 Å². The summed E-state index contributed by atoms with van der Waals surface area (Å²) >= 11 is 3.31. The lowest BCUT2D eigenvalue weighted by Gasteiger charge is -2.46. The predicted molar refractivity (Wildman–Crippen MR) is 113 cm³/mol. The molecule has 1 spiro atoms. The molecule has 1 aliphatic heterocycles. The summed E-state index contributed by atoms with van der Waals surface area (Å²) in [6.07, 6.45) is 4.16. The molecule has 4 rings (SSSR count). The van der Waals surface area contributed by atoms with Crippen LogP contribution in [0.5, 0.6) is 0 Å². The first-order valence-corrected chi connectivity index (χ1v) is 11.6. The number of hydrogen-bond donors (Lipinski definition) is 0. The molecule has 1 aliphatic carbocycles. The Labute approximate surface area is 174 Å². The van der Waals surface area contributed by atoms with Gasteiger partial charge < -0.3 is 14.2 Å². The van der Waals surface area contributed by atoms with Crippen LogP contribution in [0.3, 0.4) is 0 Å². The van der Waals surface area contributed by atoms with Crippen molar-refractivity contribution in [3.8, 4) is 10.4 Å². The molecule has 1 aromatic carbocycles. The maximum Gasteiger partial charge on any atom is 0.339 e. The predicted octanol–water partition coefficient (Wildman–Crippen LogP) is 5.18. The number of hydrogen-bond acceptors (Lipinski definition) is 6. The fraction of sp³-hybridized carbons (Fsp3) is 0.500. The summed E-state index contributed by atoms with van der Waals surface area (Å²) in [4.78, 5) is 14.8. The summed E-state index contributed by atoms with van der Waals surface area (Å²) in [6.45, 7) is 5.69. The molecule has 0 N–H and O–H groups in total. The van der Waals surface area contributed by atoms with E-state index in [-0.39, 0.29) is 11.4 Å². The van der Waals surface area contributed by atoms with E-state index in [1.807, 2.05) is 6.26 Å². The van der Waals surface area contributed by atoms with Crippen molar-refractivity contribution in [1.29, 1.82) is 0 Å². The average Bonchev–Trinajstić information content (AvgIpc) is 3.23. The zero-order valence-corrected chi connectivity index (χ0v) is 18.4. The van der Waals surface area contributed by atoms with Gasteiger partial charge in [0, 0.05) is 28.0 Å². The second-order valence-corrected chi connectivity index (χ2v) is 10.1. The number of rotatable bonds is 3. The van der Waals surface area contributed by atoms with Crippen LogP contribution in [-0.2, 0) is 27.1 Å². The van der Waals surface area contributed by atoms with Gasteiger partial charge in [-0.25, -0.2) is 4.79 Å². The topological polar surface area (TPSA) is 44.8 Å². The van der Waals surface area contributed by atoms with E-state index >= 15 is 0 Å². The number of methoxy groups -OCH3 is 1. The zero-order chi connectivity index (χ0) is 19.9. The van der Waals surface area contributed by atoms with Crippen LogP contribution >= 0.6 is 23.1 Å². The van der Waals surface area contributed by atoms with Gasteiger partial charge in [-0.05, 0) is 46.9 Å². The summed E-state index contributed by atoms with van der Waals surface area (Å²) in [5.41, 5.74) is 4.16. The van der Waals surface area contributed by atoms with Gasteiger partial charge in [-0.1, -0.05) is 19.9 Å². The SMILES string of the molecule is COC(=O)c1c(SC)cc(-c2cccs2)c2c1CCC1(C2)OCC(C)(C)CO1. The van der Waals surface area contributed by atoms with E-state index in [4.69, 9.17) is 14.2 Å². The molecule has 2 aliphatic rings. The highest BCUT2D eigenvalue weighted by Crippen LogP contribution is 2.45. The van der Waals surface area contributed by atoms with Crippen molar-refractivity contribution in [2.45, 2.75) is 43.8 Å². The van der Waals surface area contributed by atoms with E-state index in [9.17, 15) is 4.79 Å². The molecule has 2 aromatic rings. The second kappa shape index (κ2) is 7.48. The molecule has 1 aromatic heterocycles. The van der Waals surface area contributed by atoms with Crippen LogP contribution in [0.2, 0.25) is 0 Å². The van der Waals surface area contributed by atoms with E-state index in [2.05, 4.69) is 37.4 Å². The summed E-state index contributed by atoms with van der Waals surface area (Å²) in [5, 5.41) is 2.09. The first kappa shape index (κ1) is 20.0. The molecule has 0 saturated carbocycles. The van der Waals surface area contributed by atoms with Crippen molar-refractivity contribution in [2.24, 2.45) is 5.41 Å². The quantitative estimate of drug-likeness (QED) is 0.507. The van der Waals surface area contributed by atoms with Gasteiger partial charge >= 0.3 is 5.97 Å². The molecular formula is C22H26O4S2. The molecular weight excluding hydrogens is 392 g/mol. The van der Waals surface area contributed by atoms with Crippen LogP contribution in [0.15, 0.2) is 28.5 Å². The lowest BCUT2D eigenvalue weighted by Crippen LogP contribution is -2.50. The number of thiophene rings is 1. The molecule has 150 valence electrons. The average molecular weight is 419 g/mol. The first-order valence-electron chi connectivity index (χ1n) is 9.51. The highest BCUT2D eigenvalue weighted by molar-refractivity contribution is 7.98. The molecule has 28 heavy (non-hydrogen) atoms. The van der Waals surface area contributed by atoms with Gasteiger partial charge in [0.05, 0.1) is 25.9 Å². The van der Waals surface area contributed by atoms with Crippen molar-refractivity contribution in [2.75, 3.05) is 26.6 Å². The fourth-order valence-corrected chi connectivity index (χ4v) is 5.44. The van der Waals surface area contributed by atoms with Gasteiger partial charge in [-0.3, -0.25) is 0 Å². The standard InChI is InChI=1S/C22H26O4S2/c1-21(2)12-25-22(26-13-21)8-7-14-16(11-22)15(17-6-5-9-28-17)10-18(27-4)19(14)20(23)24-3/h5-6,9-10H,7-8,11-13H2,1-4H3. The van der Waals surface area contributed by atoms with E-state index in [1.165, 1.54) is 17.6 Å². The Kier molecular flexibility index (Phi) is 5.33. The third kappa shape index (κ3) is 3.52. The minimum absolute atomic E-state index is 0.0298. The normalized spacial score (nSPS) is 20.0. The van der Waals surface area contributed by atoms with Gasteiger partial charge in [0.15, 0.2) is 5.79 Å². The molecule has 2 heterocycles. The Morgan fingerprint density at radius 2 is 2.00 bits per heavy atom. The molecule has 0 atom stereocenters. The Balaban J connectivity index is 1.84. The minimum atomic E-state index is -0.594. The van der Waals surface area contributed by atoms with Crippen molar-refractivity contribution >= 4 is 29.1 Å². The van der Waals surface area contributed by atoms with Gasteiger partial charge in [-0.15, -0.1) is 23.1 Å². The highest BCUT2D eigenvalue weighted by atomic mass is 32.2. The fourth-order valence-electron chi connectivity index (χ4n) is 4.03. The molecule has 0 radical (unpaired) electrons. The Hall–Kier alpha value is -1.34.